The van der Waals surface area contributed by atoms with Gasteiger partial charge in [0.15, 0.2) is 23.0 Å². The molecule has 10 heteroatoms. The Morgan fingerprint density at radius 3 is 2.00 bits per heavy atom. The molecule has 10 nitrogen and oxygen atoms in total. The van der Waals surface area contributed by atoms with Crippen molar-refractivity contribution in [1.29, 1.82) is 0 Å². The Bertz CT molecular complexity index is 1440. The van der Waals surface area contributed by atoms with Crippen molar-refractivity contribution in [3.63, 3.8) is 0 Å². The molecule has 0 aliphatic carbocycles. The number of fused-ring (bicyclic) bond motifs is 4. The van der Waals surface area contributed by atoms with E-state index in [-0.39, 0.29) is 31.0 Å². The van der Waals surface area contributed by atoms with Gasteiger partial charge in [0.05, 0.1) is 34.5 Å². The molecule has 3 heterocycles. The van der Waals surface area contributed by atoms with Crippen LogP contribution in [0.25, 0.3) is 0 Å². The molecule has 0 aromatic heterocycles. The monoisotopic (exact) mass is 651 g/mol. The maximum absolute atomic E-state index is 13.9. The van der Waals surface area contributed by atoms with E-state index in [0.717, 1.165) is 62.3 Å². The largest absolute Gasteiger partial charge is 0.493 e. The molecule has 1 saturated heterocycles. The van der Waals surface area contributed by atoms with Crippen molar-refractivity contribution in [2.24, 2.45) is 11.8 Å². The molecule has 5 rings (SSSR count). The third-order valence-electron chi connectivity index (χ3n) is 10.2. The van der Waals surface area contributed by atoms with E-state index in [2.05, 4.69) is 41.4 Å². The molecule has 3 aliphatic heterocycles. The van der Waals surface area contributed by atoms with Crippen molar-refractivity contribution in [3.05, 3.63) is 46.5 Å². The Hall–Kier alpha value is -3.66. The first-order valence-corrected chi connectivity index (χ1v) is 17.0. The first-order valence-electron chi connectivity index (χ1n) is 17.0. The lowest BCUT2D eigenvalue weighted by atomic mass is 9.72. The van der Waals surface area contributed by atoms with Crippen LogP contribution < -0.4 is 24.3 Å². The SMILES string of the molecule is CC[C@H]1CN2CCc3cc(OC)c(OC)cc3[C@@H]2C[C@@H]1C[C@@H]1c2cc(OC)c(OC)cc2CCN1C(=O)CCNC(=O)OC(C)(C)C. The molecule has 0 saturated carbocycles. The average Bonchev–Trinajstić information content (AvgIpc) is 3.05. The number of carbonyl (C=O) groups is 2. The second kappa shape index (κ2) is 14.6. The van der Waals surface area contributed by atoms with Crippen molar-refractivity contribution in [2.75, 3.05) is 54.6 Å². The molecule has 2 amide bonds. The van der Waals surface area contributed by atoms with E-state index >= 15 is 0 Å². The molecule has 4 atom stereocenters. The number of carbonyl (C=O) groups excluding carboxylic acids is 2. The molecular weight excluding hydrogens is 598 g/mol. The summed E-state index contributed by atoms with van der Waals surface area (Å²) < 4.78 is 28.1. The molecule has 0 radical (unpaired) electrons. The van der Waals surface area contributed by atoms with Crippen molar-refractivity contribution in [2.45, 2.75) is 83.9 Å². The molecule has 0 spiro atoms. The zero-order valence-electron chi connectivity index (χ0n) is 29.4. The summed E-state index contributed by atoms with van der Waals surface area (Å²) in [6.07, 6.45) is 4.33. The van der Waals surface area contributed by atoms with Gasteiger partial charge in [-0.2, -0.15) is 0 Å². The maximum Gasteiger partial charge on any atom is 0.407 e. The Morgan fingerprint density at radius 1 is 0.830 bits per heavy atom. The summed E-state index contributed by atoms with van der Waals surface area (Å²) in [5, 5.41) is 2.76. The van der Waals surface area contributed by atoms with Crippen LogP contribution in [-0.2, 0) is 22.4 Å². The predicted octanol–water partition coefficient (Wildman–Crippen LogP) is 6.10. The Labute approximate surface area is 280 Å². The first-order chi connectivity index (χ1) is 22.5. The van der Waals surface area contributed by atoms with Crippen molar-refractivity contribution >= 4 is 12.0 Å². The standard InChI is InChI=1S/C37H53N3O7/c1-9-23-22-39-14-11-24-18-31(43-5)33(45-7)20-27(24)29(39)16-26(23)17-30-28-21-34(46-8)32(44-6)19-25(28)12-15-40(30)35(41)10-13-38-36(42)47-37(2,3)4/h18-21,23,26,29-30H,9-17,22H2,1-8H3,(H,38,42)/t23-,26+,29-,30+/m0/s1. The number of methoxy groups -OCH3 is 4. The van der Waals surface area contributed by atoms with Crippen LogP contribution in [-0.4, -0.2) is 82.0 Å². The number of nitrogens with one attached hydrogen (secondary N) is 1. The lowest BCUT2D eigenvalue weighted by Gasteiger charge is -2.49. The number of alkyl carbamates (subject to hydrolysis) is 1. The normalized spacial score (nSPS) is 22.3. The summed E-state index contributed by atoms with van der Waals surface area (Å²) in [5.74, 6) is 3.83. The fourth-order valence-corrected chi connectivity index (χ4v) is 7.85. The van der Waals surface area contributed by atoms with Gasteiger partial charge in [0.1, 0.15) is 5.60 Å². The van der Waals surface area contributed by atoms with Crippen LogP contribution in [0.5, 0.6) is 23.0 Å². The molecule has 2 aromatic carbocycles. The fourth-order valence-electron chi connectivity index (χ4n) is 7.85. The number of rotatable bonds is 10. The van der Waals surface area contributed by atoms with Crippen LogP contribution >= 0.6 is 0 Å². The summed E-state index contributed by atoms with van der Waals surface area (Å²) in [7, 11) is 6.69. The van der Waals surface area contributed by atoms with E-state index < -0.39 is 11.7 Å². The van der Waals surface area contributed by atoms with Gasteiger partial charge in [-0.3, -0.25) is 9.69 Å². The van der Waals surface area contributed by atoms with Crippen LogP contribution in [0.4, 0.5) is 4.79 Å². The minimum absolute atomic E-state index is 0.0248. The zero-order valence-corrected chi connectivity index (χ0v) is 29.4. The molecule has 0 bridgehead atoms. The average molecular weight is 652 g/mol. The Balaban J connectivity index is 1.43. The fraction of sp³-hybridized carbons (Fsp3) is 0.622. The van der Waals surface area contributed by atoms with Gasteiger partial charge in [-0.15, -0.1) is 0 Å². The van der Waals surface area contributed by atoms with Crippen molar-refractivity contribution in [3.8, 4) is 23.0 Å². The minimum atomic E-state index is -0.600. The summed E-state index contributed by atoms with van der Waals surface area (Å²) >= 11 is 0. The van der Waals surface area contributed by atoms with Gasteiger partial charge in [-0.1, -0.05) is 13.3 Å². The second-order valence-corrected chi connectivity index (χ2v) is 14.0. The van der Waals surface area contributed by atoms with Crippen LogP contribution in [0.2, 0.25) is 0 Å². The molecule has 2 aromatic rings. The highest BCUT2D eigenvalue weighted by Gasteiger charge is 2.42. The number of nitrogens with zero attached hydrogens (tertiary/aromatic N) is 2. The second-order valence-electron chi connectivity index (χ2n) is 14.0. The highest BCUT2D eigenvalue weighted by atomic mass is 16.6. The van der Waals surface area contributed by atoms with Gasteiger partial charge in [0.2, 0.25) is 5.91 Å². The number of hydrogen-bond donors (Lipinski definition) is 1. The highest BCUT2D eigenvalue weighted by molar-refractivity contribution is 5.78. The summed E-state index contributed by atoms with van der Waals surface area (Å²) in [4.78, 5) is 30.9. The molecule has 47 heavy (non-hydrogen) atoms. The third-order valence-corrected chi connectivity index (χ3v) is 10.2. The van der Waals surface area contributed by atoms with Crippen LogP contribution in [0, 0.1) is 11.8 Å². The molecule has 0 unspecified atom stereocenters. The van der Waals surface area contributed by atoms with Gasteiger partial charge in [0.25, 0.3) is 0 Å². The van der Waals surface area contributed by atoms with Gasteiger partial charge in [-0.05, 0) is 105 Å². The molecular formula is C37H53N3O7. The van der Waals surface area contributed by atoms with E-state index in [1.165, 1.54) is 16.7 Å². The van der Waals surface area contributed by atoms with Gasteiger partial charge >= 0.3 is 6.09 Å². The number of amides is 2. The smallest absolute Gasteiger partial charge is 0.407 e. The number of piperidine rings is 1. The zero-order chi connectivity index (χ0) is 33.9. The number of hydrogen-bond acceptors (Lipinski definition) is 8. The molecule has 1 fully saturated rings. The minimum Gasteiger partial charge on any atom is -0.493 e. The van der Waals surface area contributed by atoms with Crippen LogP contribution in [0.3, 0.4) is 0 Å². The van der Waals surface area contributed by atoms with Crippen LogP contribution in [0.1, 0.15) is 87.7 Å². The molecule has 258 valence electrons. The van der Waals surface area contributed by atoms with E-state index in [1.807, 2.05) is 25.7 Å². The highest BCUT2D eigenvalue weighted by Crippen LogP contribution is 2.49. The third kappa shape index (κ3) is 7.58. The molecule has 1 N–H and O–H groups in total. The van der Waals surface area contributed by atoms with Gasteiger partial charge < -0.3 is 33.9 Å². The van der Waals surface area contributed by atoms with Gasteiger partial charge in [-0.25, -0.2) is 4.79 Å². The number of ether oxygens (including phenoxy) is 5. The van der Waals surface area contributed by atoms with E-state index in [9.17, 15) is 9.59 Å². The van der Waals surface area contributed by atoms with Crippen LogP contribution in [0.15, 0.2) is 24.3 Å². The maximum atomic E-state index is 13.9. The van der Waals surface area contributed by atoms with E-state index in [1.54, 1.807) is 28.4 Å². The summed E-state index contributed by atoms with van der Waals surface area (Å²) in [6.45, 7) is 10.6. The van der Waals surface area contributed by atoms with Crippen molar-refractivity contribution in [1.82, 2.24) is 15.1 Å². The lowest BCUT2D eigenvalue weighted by Crippen LogP contribution is -2.48. The quantitative estimate of drug-likeness (QED) is 0.329. The predicted molar refractivity (Wildman–Crippen MR) is 181 cm³/mol. The molecule has 3 aliphatic rings. The summed E-state index contributed by atoms with van der Waals surface area (Å²) in [5.41, 5.74) is 4.36. The Kier molecular flexibility index (Phi) is 10.8. The topological polar surface area (TPSA) is 98.8 Å². The lowest BCUT2D eigenvalue weighted by molar-refractivity contribution is -0.134. The van der Waals surface area contributed by atoms with E-state index in [4.69, 9.17) is 23.7 Å². The number of benzene rings is 2. The Morgan fingerprint density at radius 2 is 1.40 bits per heavy atom. The van der Waals surface area contributed by atoms with Gasteiger partial charge in [0, 0.05) is 38.6 Å². The first kappa shape index (κ1) is 34.7. The van der Waals surface area contributed by atoms with Crippen molar-refractivity contribution < 1.29 is 33.3 Å². The van der Waals surface area contributed by atoms with E-state index in [0.29, 0.717) is 29.9 Å². The summed E-state index contributed by atoms with van der Waals surface area (Å²) in [6, 6.07) is 8.63.